The monoisotopic (exact) mass is 462 g/mol. The molecule has 2 N–H and O–H groups in total. The number of anilines is 2. The topological polar surface area (TPSA) is 126 Å². The van der Waals surface area contributed by atoms with Gasteiger partial charge in [0.25, 0.3) is 5.91 Å². The Hall–Kier alpha value is -3.60. The molecule has 2 rings (SSSR count). The van der Waals surface area contributed by atoms with E-state index in [-0.39, 0.29) is 11.6 Å². The third-order valence-corrected chi connectivity index (χ3v) is 5.43. The number of rotatable bonds is 9. The first-order chi connectivity index (χ1) is 15.0. The highest BCUT2D eigenvalue weighted by molar-refractivity contribution is 7.92. The van der Waals surface area contributed by atoms with Gasteiger partial charge in [0.15, 0.2) is 11.5 Å². The maximum Gasteiger partial charge on any atom is 0.260 e. The van der Waals surface area contributed by atoms with Crippen LogP contribution in [0.4, 0.5) is 11.4 Å². The van der Waals surface area contributed by atoms with Crippen LogP contribution in [0.5, 0.6) is 11.5 Å². The zero-order valence-electron chi connectivity index (χ0n) is 18.5. The van der Waals surface area contributed by atoms with Gasteiger partial charge in [0.2, 0.25) is 15.9 Å². The van der Waals surface area contributed by atoms with Gasteiger partial charge < -0.3 is 14.8 Å². The zero-order valence-corrected chi connectivity index (χ0v) is 19.3. The number of carbonyl (C=O) groups excluding carboxylic acids is 2. The molecule has 2 aromatic carbocycles. The van der Waals surface area contributed by atoms with Gasteiger partial charge in [0.05, 0.1) is 31.9 Å². The van der Waals surface area contributed by atoms with Gasteiger partial charge in [-0.3, -0.25) is 13.9 Å². The largest absolute Gasteiger partial charge is 0.493 e. The molecule has 0 heterocycles. The molecule has 32 heavy (non-hydrogen) atoms. The average molecular weight is 463 g/mol. The van der Waals surface area contributed by atoms with Crippen LogP contribution >= 0.6 is 0 Å². The first kappa shape index (κ1) is 24.7. The lowest BCUT2D eigenvalue weighted by molar-refractivity contribution is -0.119. The van der Waals surface area contributed by atoms with E-state index in [4.69, 9.17) is 9.47 Å². The molecule has 172 valence electrons. The fraction of sp³-hybridized carbons (Fsp3) is 0.286. The van der Waals surface area contributed by atoms with Gasteiger partial charge in [-0.1, -0.05) is 12.1 Å². The molecule has 2 amide bonds. The van der Waals surface area contributed by atoms with E-state index in [1.54, 1.807) is 37.3 Å². The number of methoxy groups -OCH3 is 2. The van der Waals surface area contributed by atoms with E-state index in [1.807, 2.05) is 0 Å². The molecule has 0 aliphatic rings. The summed E-state index contributed by atoms with van der Waals surface area (Å²) in [5.41, 5.74) is 4.35. The average Bonchev–Trinajstić information content (AvgIpc) is 2.74. The van der Waals surface area contributed by atoms with Gasteiger partial charge in [-0.15, -0.1) is 0 Å². The summed E-state index contributed by atoms with van der Waals surface area (Å²) >= 11 is 0. The third kappa shape index (κ3) is 6.71. The third-order valence-electron chi connectivity index (χ3n) is 4.29. The molecule has 2 aromatic rings. The highest BCUT2D eigenvalue weighted by atomic mass is 32.2. The van der Waals surface area contributed by atoms with Gasteiger partial charge >= 0.3 is 0 Å². The van der Waals surface area contributed by atoms with Crippen LogP contribution in [0, 0.1) is 0 Å². The molecular weight excluding hydrogens is 436 g/mol. The second kappa shape index (κ2) is 10.6. The van der Waals surface area contributed by atoms with Crippen LogP contribution in [0.1, 0.15) is 19.4 Å². The van der Waals surface area contributed by atoms with Crippen LogP contribution in [-0.4, -0.2) is 53.0 Å². The molecule has 0 aliphatic carbocycles. The van der Waals surface area contributed by atoms with E-state index in [0.717, 1.165) is 10.6 Å². The first-order valence-electron chi connectivity index (χ1n) is 9.46. The standard InChI is InChI=1S/C21H26N4O6S/c1-14(16-7-6-8-17(11-16)22-15(2)26)23-24-21(27)13-25(32(5,28)29)18-9-10-19(30-3)20(12-18)31-4/h6-12H,13H2,1-5H3,(H,22,26)(H,24,27)/b23-14-. The molecule has 11 heteroatoms. The van der Waals surface area contributed by atoms with E-state index in [1.165, 1.54) is 33.3 Å². The SMILES string of the molecule is COc1ccc(N(CC(=O)N/N=C(/C)c2cccc(NC(C)=O)c2)S(C)(=O)=O)cc1OC. The van der Waals surface area contributed by atoms with E-state index < -0.39 is 22.5 Å². The molecule has 10 nitrogen and oxygen atoms in total. The lowest BCUT2D eigenvalue weighted by Gasteiger charge is -2.22. The second-order valence-corrected chi connectivity index (χ2v) is 8.71. The number of hydrogen-bond acceptors (Lipinski definition) is 7. The van der Waals surface area contributed by atoms with Crippen molar-refractivity contribution in [2.75, 3.05) is 36.6 Å². The number of hydrogen-bond donors (Lipinski definition) is 2. The minimum Gasteiger partial charge on any atom is -0.493 e. The number of amides is 2. The molecule has 0 saturated heterocycles. The van der Waals surface area contributed by atoms with Crippen molar-refractivity contribution in [2.24, 2.45) is 5.10 Å². The highest BCUT2D eigenvalue weighted by Gasteiger charge is 2.22. The van der Waals surface area contributed by atoms with Crippen molar-refractivity contribution >= 4 is 38.9 Å². The van der Waals surface area contributed by atoms with Crippen LogP contribution in [0.25, 0.3) is 0 Å². The number of nitrogens with one attached hydrogen (secondary N) is 2. The van der Waals surface area contributed by atoms with E-state index >= 15 is 0 Å². The Morgan fingerprint density at radius 1 is 1.03 bits per heavy atom. The Kier molecular flexibility index (Phi) is 8.19. The number of nitrogens with zero attached hydrogens (tertiary/aromatic N) is 2. The first-order valence-corrected chi connectivity index (χ1v) is 11.3. The number of hydrazone groups is 1. The Balaban J connectivity index is 2.19. The zero-order chi connectivity index (χ0) is 23.9. The lowest BCUT2D eigenvalue weighted by Crippen LogP contribution is -2.39. The molecule has 0 aliphatic heterocycles. The summed E-state index contributed by atoms with van der Waals surface area (Å²) in [6.07, 6.45) is 0.999. The quantitative estimate of drug-likeness (QED) is 0.433. The van der Waals surface area contributed by atoms with Crippen LogP contribution in [0.15, 0.2) is 47.6 Å². The van der Waals surface area contributed by atoms with Crippen LogP contribution in [0.3, 0.4) is 0 Å². The van der Waals surface area contributed by atoms with Crippen molar-refractivity contribution < 1.29 is 27.5 Å². The summed E-state index contributed by atoms with van der Waals surface area (Å²) in [6, 6.07) is 11.5. The fourth-order valence-electron chi connectivity index (χ4n) is 2.78. The molecule has 0 atom stereocenters. The van der Waals surface area contributed by atoms with E-state index in [9.17, 15) is 18.0 Å². The molecule has 0 bridgehead atoms. The lowest BCUT2D eigenvalue weighted by atomic mass is 10.1. The number of carbonyl (C=O) groups is 2. The molecule has 0 spiro atoms. The Labute approximate surface area is 187 Å². The smallest absolute Gasteiger partial charge is 0.260 e. The number of benzene rings is 2. The van der Waals surface area contributed by atoms with Gasteiger partial charge in [-0.05, 0) is 36.8 Å². The van der Waals surface area contributed by atoms with Crippen molar-refractivity contribution in [3.05, 3.63) is 48.0 Å². The van der Waals surface area contributed by atoms with Gasteiger partial charge in [0, 0.05) is 18.7 Å². The summed E-state index contributed by atoms with van der Waals surface area (Å²) in [5.74, 6) is -0.0912. The minimum atomic E-state index is -3.78. The molecule has 0 unspecified atom stereocenters. The number of sulfonamides is 1. The summed E-state index contributed by atoms with van der Waals surface area (Å²) < 4.78 is 35.9. The second-order valence-electron chi connectivity index (χ2n) is 6.80. The van der Waals surface area contributed by atoms with Gasteiger partial charge in [0.1, 0.15) is 6.54 Å². The van der Waals surface area contributed by atoms with Crippen molar-refractivity contribution in [3.8, 4) is 11.5 Å². The van der Waals surface area contributed by atoms with Crippen molar-refractivity contribution in [2.45, 2.75) is 13.8 Å². The van der Waals surface area contributed by atoms with Crippen molar-refractivity contribution in [1.29, 1.82) is 0 Å². The maximum atomic E-state index is 12.5. The van der Waals surface area contributed by atoms with Gasteiger partial charge in [-0.25, -0.2) is 13.8 Å². The highest BCUT2D eigenvalue weighted by Crippen LogP contribution is 2.32. The molecule has 0 fully saturated rings. The Morgan fingerprint density at radius 2 is 1.72 bits per heavy atom. The normalized spacial score (nSPS) is 11.5. The van der Waals surface area contributed by atoms with E-state index in [2.05, 4.69) is 15.8 Å². The fourth-order valence-corrected chi connectivity index (χ4v) is 3.63. The van der Waals surface area contributed by atoms with Crippen LogP contribution < -0.4 is 24.5 Å². The number of ether oxygens (including phenoxy) is 2. The molecule has 0 saturated carbocycles. The minimum absolute atomic E-state index is 0.207. The predicted molar refractivity (Wildman–Crippen MR) is 123 cm³/mol. The molecule has 0 radical (unpaired) electrons. The molecular formula is C21H26N4O6S. The van der Waals surface area contributed by atoms with Crippen LogP contribution in [-0.2, 0) is 19.6 Å². The van der Waals surface area contributed by atoms with Crippen molar-refractivity contribution in [3.63, 3.8) is 0 Å². The maximum absolute atomic E-state index is 12.5. The summed E-state index contributed by atoms with van der Waals surface area (Å²) in [4.78, 5) is 23.7. The predicted octanol–water partition coefficient (Wildman–Crippen LogP) is 1.97. The van der Waals surface area contributed by atoms with Gasteiger partial charge in [-0.2, -0.15) is 5.10 Å². The van der Waals surface area contributed by atoms with Crippen molar-refractivity contribution in [1.82, 2.24) is 5.43 Å². The van der Waals surface area contributed by atoms with E-state index in [0.29, 0.717) is 28.5 Å². The Bertz CT molecular complexity index is 1130. The summed E-state index contributed by atoms with van der Waals surface area (Å²) in [7, 11) is -0.886. The van der Waals surface area contributed by atoms with Crippen LogP contribution in [0.2, 0.25) is 0 Å². The summed E-state index contributed by atoms with van der Waals surface area (Å²) in [5, 5.41) is 6.71. The Morgan fingerprint density at radius 3 is 2.31 bits per heavy atom. The molecule has 0 aromatic heterocycles. The summed E-state index contributed by atoms with van der Waals surface area (Å²) in [6.45, 7) is 2.59.